The van der Waals surface area contributed by atoms with Gasteiger partial charge in [-0.2, -0.15) is 0 Å². The van der Waals surface area contributed by atoms with Crippen molar-refractivity contribution in [3.63, 3.8) is 0 Å². The Kier molecular flexibility index (Phi) is 11.0. The summed E-state index contributed by atoms with van der Waals surface area (Å²) >= 11 is 0. The summed E-state index contributed by atoms with van der Waals surface area (Å²) in [6.45, 7) is 8.85. The Hall–Kier alpha value is -2.45. The minimum Gasteiger partial charge on any atom is -0.379 e. The number of rotatable bonds is 12. The molecular formula is C23H36N4O4. The second-order valence-corrected chi connectivity index (χ2v) is 7.80. The molecule has 0 aliphatic carbocycles. The van der Waals surface area contributed by atoms with E-state index in [9.17, 15) is 14.4 Å². The normalized spacial score (nSPS) is 14.1. The van der Waals surface area contributed by atoms with Crippen molar-refractivity contribution in [3.05, 3.63) is 24.3 Å². The van der Waals surface area contributed by atoms with Gasteiger partial charge in [0.25, 0.3) is 0 Å². The number of carbonyl (C=O) groups excluding carboxylic acids is 3. The molecule has 31 heavy (non-hydrogen) atoms. The van der Waals surface area contributed by atoms with Crippen LogP contribution in [0.25, 0.3) is 0 Å². The van der Waals surface area contributed by atoms with Gasteiger partial charge in [0.05, 0.1) is 19.8 Å². The molecule has 1 aromatic rings. The van der Waals surface area contributed by atoms with Crippen molar-refractivity contribution in [3.8, 4) is 0 Å². The molecule has 2 rings (SSSR count). The zero-order valence-corrected chi connectivity index (χ0v) is 18.8. The molecule has 1 heterocycles. The van der Waals surface area contributed by atoms with Crippen molar-refractivity contribution in [2.24, 2.45) is 0 Å². The number of hydrogen-bond acceptors (Lipinski definition) is 5. The first-order valence-electron chi connectivity index (χ1n) is 11.3. The first-order chi connectivity index (χ1) is 15.0. The maximum atomic E-state index is 12.3. The fourth-order valence-corrected chi connectivity index (χ4v) is 3.48. The molecule has 0 atom stereocenters. The molecule has 0 aromatic heterocycles. The van der Waals surface area contributed by atoms with Crippen LogP contribution in [0.2, 0.25) is 0 Å². The molecule has 8 heteroatoms. The fourth-order valence-electron chi connectivity index (χ4n) is 3.48. The number of nitrogens with zero attached hydrogens (tertiary/aromatic N) is 2. The van der Waals surface area contributed by atoms with Crippen molar-refractivity contribution in [2.45, 2.75) is 46.0 Å². The molecule has 1 fully saturated rings. The average Bonchev–Trinajstić information content (AvgIpc) is 2.75. The number of ether oxygens (including phenoxy) is 1. The van der Waals surface area contributed by atoms with Crippen LogP contribution in [0, 0.1) is 0 Å². The molecule has 0 saturated carbocycles. The third kappa shape index (κ3) is 9.48. The Bertz CT molecular complexity index is 696. The van der Waals surface area contributed by atoms with E-state index in [4.69, 9.17) is 4.74 Å². The topological polar surface area (TPSA) is 91.0 Å². The lowest BCUT2D eigenvalue weighted by Gasteiger charge is -2.25. The quantitative estimate of drug-likeness (QED) is 0.530. The summed E-state index contributed by atoms with van der Waals surface area (Å²) in [4.78, 5) is 40.5. The van der Waals surface area contributed by atoms with Crippen LogP contribution < -0.4 is 10.6 Å². The van der Waals surface area contributed by atoms with Crippen molar-refractivity contribution in [2.75, 3.05) is 56.6 Å². The van der Waals surface area contributed by atoms with Crippen molar-refractivity contribution >= 4 is 29.1 Å². The molecule has 0 bridgehead atoms. The summed E-state index contributed by atoms with van der Waals surface area (Å²) in [6, 6.07) is 7.06. The number of carbonyl (C=O) groups is 3. The van der Waals surface area contributed by atoms with E-state index in [0.29, 0.717) is 50.4 Å². The van der Waals surface area contributed by atoms with Crippen LogP contribution in [0.3, 0.4) is 0 Å². The Morgan fingerprint density at radius 1 is 0.903 bits per heavy atom. The lowest BCUT2D eigenvalue weighted by atomic mass is 10.2. The average molecular weight is 433 g/mol. The maximum absolute atomic E-state index is 12.3. The van der Waals surface area contributed by atoms with Gasteiger partial charge in [0.1, 0.15) is 0 Å². The van der Waals surface area contributed by atoms with Gasteiger partial charge >= 0.3 is 0 Å². The van der Waals surface area contributed by atoms with Crippen LogP contribution in [-0.2, 0) is 19.1 Å². The standard InChI is InChI=1S/C23H36N4O4/c1-3-12-27(13-4-2)23(30)7-5-6-21(28)24-19-8-10-20(11-9-19)25-22(29)18-26-14-16-31-17-15-26/h8-11H,3-7,12-18H2,1-2H3,(H,24,28)(H,25,29). The van der Waals surface area contributed by atoms with Gasteiger partial charge in [-0.25, -0.2) is 0 Å². The lowest BCUT2D eigenvalue weighted by molar-refractivity contribution is -0.131. The predicted octanol–water partition coefficient (Wildman–Crippen LogP) is 2.71. The van der Waals surface area contributed by atoms with E-state index in [1.807, 2.05) is 4.90 Å². The Labute approximate surface area is 185 Å². The van der Waals surface area contributed by atoms with Crippen LogP contribution in [0.5, 0.6) is 0 Å². The van der Waals surface area contributed by atoms with E-state index in [1.54, 1.807) is 24.3 Å². The first kappa shape index (κ1) is 24.8. The number of hydrogen-bond donors (Lipinski definition) is 2. The number of benzene rings is 1. The monoisotopic (exact) mass is 432 g/mol. The van der Waals surface area contributed by atoms with Crippen LogP contribution in [-0.4, -0.2) is 73.5 Å². The molecule has 1 aliphatic rings. The highest BCUT2D eigenvalue weighted by Crippen LogP contribution is 2.14. The van der Waals surface area contributed by atoms with Crippen LogP contribution >= 0.6 is 0 Å². The minimum absolute atomic E-state index is 0.0662. The highest BCUT2D eigenvalue weighted by molar-refractivity contribution is 5.93. The second-order valence-electron chi connectivity index (χ2n) is 7.80. The van der Waals surface area contributed by atoms with Gasteiger partial charge < -0.3 is 20.3 Å². The van der Waals surface area contributed by atoms with Gasteiger partial charge in [-0.15, -0.1) is 0 Å². The third-order valence-corrected chi connectivity index (χ3v) is 5.06. The Morgan fingerprint density at radius 2 is 1.45 bits per heavy atom. The molecule has 0 radical (unpaired) electrons. The molecule has 2 N–H and O–H groups in total. The SMILES string of the molecule is CCCN(CCC)C(=O)CCCC(=O)Nc1ccc(NC(=O)CN2CCOCC2)cc1. The van der Waals surface area contributed by atoms with Gasteiger partial charge in [-0.3, -0.25) is 19.3 Å². The zero-order valence-electron chi connectivity index (χ0n) is 18.8. The van der Waals surface area contributed by atoms with Crippen LogP contribution in [0.1, 0.15) is 46.0 Å². The molecule has 1 saturated heterocycles. The van der Waals surface area contributed by atoms with E-state index < -0.39 is 0 Å². The predicted molar refractivity (Wildman–Crippen MR) is 122 cm³/mol. The van der Waals surface area contributed by atoms with E-state index >= 15 is 0 Å². The number of nitrogens with one attached hydrogen (secondary N) is 2. The molecule has 8 nitrogen and oxygen atoms in total. The van der Waals surface area contributed by atoms with Crippen LogP contribution in [0.4, 0.5) is 11.4 Å². The molecule has 3 amide bonds. The fraction of sp³-hybridized carbons (Fsp3) is 0.609. The zero-order chi connectivity index (χ0) is 22.5. The third-order valence-electron chi connectivity index (χ3n) is 5.06. The number of anilines is 2. The Morgan fingerprint density at radius 3 is 2.00 bits per heavy atom. The number of morpholine rings is 1. The Balaban J connectivity index is 1.69. The highest BCUT2D eigenvalue weighted by Gasteiger charge is 2.15. The van der Waals surface area contributed by atoms with E-state index in [-0.39, 0.29) is 17.7 Å². The van der Waals surface area contributed by atoms with Gasteiger partial charge in [0.15, 0.2) is 0 Å². The molecule has 0 spiro atoms. The summed E-state index contributed by atoms with van der Waals surface area (Å²) in [6.07, 6.45) is 3.10. The number of amides is 3. The summed E-state index contributed by atoms with van der Waals surface area (Å²) in [5.41, 5.74) is 1.36. The minimum atomic E-state index is -0.116. The van der Waals surface area contributed by atoms with Crippen LogP contribution in [0.15, 0.2) is 24.3 Å². The molecule has 1 aliphatic heterocycles. The van der Waals surface area contributed by atoms with Crippen molar-refractivity contribution in [1.29, 1.82) is 0 Å². The van der Waals surface area contributed by atoms with Gasteiger partial charge in [-0.1, -0.05) is 13.8 Å². The summed E-state index contributed by atoms with van der Waals surface area (Å²) < 4.78 is 5.28. The molecule has 0 unspecified atom stereocenters. The molecule has 1 aromatic carbocycles. The van der Waals surface area contributed by atoms with Gasteiger partial charge in [-0.05, 0) is 43.5 Å². The maximum Gasteiger partial charge on any atom is 0.238 e. The largest absolute Gasteiger partial charge is 0.379 e. The lowest BCUT2D eigenvalue weighted by Crippen LogP contribution is -2.41. The summed E-state index contributed by atoms with van der Waals surface area (Å²) in [5.74, 6) is -0.0633. The second kappa shape index (κ2) is 13.8. The smallest absolute Gasteiger partial charge is 0.238 e. The van der Waals surface area contributed by atoms with E-state index in [2.05, 4.69) is 29.4 Å². The van der Waals surface area contributed by atoms with Crippen molar-refractivity contribution in [1.82, 2.24) is 9.80 Å². The molecule has 172 valence electrons. The summed E-state index contributed by atoms with van der Waals surface area (Å²) in [7, 11) is 0. The van der Waals surface area contributed by atoms with E-state index in [0.717, 1.165) is 39.0 Å². The van der Waals surface area contributed by atoms with Gasteiger partial charge in [0.2, 0.25) is 17.7 Å². The summed E-state index contributed by atoms with van der Waals surface area (Å²) in [5, 5.41) is 5.71. The highest BCUT2D eigenvalue weighted by atomic mass is 16.5. The first-order valence-corrected chi connectivity index (χ1v) is 11.3. The van der Waals surface area contributed by atoms with Gasteiger partial charge in [0, 0.05) is 50.4 Å². The van der Waals surface area contributed by atoms with Crippen molar-refractivity contribution < 1.29 is 19.1 Å². The molecular weight excluding hydrogens is 396 g/mol. The van der Waals surface area contributed by atoms with E-state index in [1.165, 1.54) is 0 Å².